The SMILES string of the molecule is O=C(NCCCn1cccn1)c1cnn(-c2ccc(Cl)cc2)c1C(F)(F)F. The predicted octanol–water partition coefficient (Wildman–Crippen LogP) is 3.56. The molecule has 27 heavy (non-hydrogen) atoms. The molecule has 0 spiro atoms. The summed E-state index contributed by atoms with van der Waals surface area (Å²) in [6.45, 7) is 0.756. The lowest BCUT2D eigenvalue weighted by Crippen LogP contribution is -2.28. The van der Waals surface area contributed by atoms with Crippen LogP contribution in [0.2, 0.25) is 5.02 Å². The number of nitrogens with one attached hydrogen (secondary N) is 1. The molecule has 0 atom stereocenters. The maximum atomic E-state index is 13.6. The van der Waals surface area contributed by atoms with Crippen molar-refractivity contribution in [2.24, 2.45) is 0 Å². The van der Waals surface area contributed by atoms with Crippen LogP contribution in [0.25, 0.3) is 5.69 Å². The van der Waals surface area contributed by atoms with Gasteiger partial charge in [0.25, 0.3) is 5.91 Å². The lowest BCUT2D eigenvalue weighted by atomic mass is 10.2. The highest BCUT2D eigenvalue weighted by molar-refractivity contribution is 6.30. The van der Waals surface area contributed by atoms with Crippen LogP contribution in [0.4, 0.5) is 13.2 Å². The molecule has 0 unspecified atom stereocenters. The smallest absolute Gasteiger partial charge is 0.352 e. The van der Waals surface area contributed by atoms with Crippen LogP contribution in [0.1, 0.15) is 22.5 Å². The maximum absolute atomic E-state index is 13.6. The van der Waals surface area contributed by atoms with Crippen LogP contribution in [0.5, 0.6) is 0 Å². The zero-order valence-corrected chi connectivity index (χ0v) is 14.7. The Labute approximate surface area is 157 Å². The van der Waals surface area contributed by atoms with Crippen LogP contribution in [0, 0.1) is 0 Å². The maximum Gasteiger partial charge on any atom is 0.434 e. The third-order valence-corrected chi connectivity index (χ3v) is 4.01. The monoisotopic (exact) mass is 397 g/mol. The predicted molar refractivity (Wildman–Crippen MR) is 92.8 cm³/mol. The number of nitrogens with zero attached hydrogens (tertiary/aromatic N) is 4. The lowest BCUT2D eigenvalue weighted by Gasteiger charge is -2.13. The minimum absolute atomic E-state index is 0.157. The van der Waals surface area contributed by atoms with Gasteiger partial charge in [0, 0.05) is 30.5 Å². The molecule has 0 bridgehead atoms. The number of aromatic nitrogens is 4. The van der Waals surface area contributed by atoms with E-state index in [1.807, 2.05) is 0 Å². The van der Waals surface area contributed by atoms with Crippen molar-refractivity contribution in [1.29, 1.82) is 0 Å². The summed E-state index contributed by atoms with van der Waals surface area (Å²) in [6.07, 6.45) is 0.0807. The minimum atomic E-state index is -4.75. The van der Waals surface area contributed by atoms with E-state index >= 15 is 0 Å². The minimum Gasteiger partial charge on any atom is -0.352 e. The number of hydrogen-bond donors (Lipinski definition) is 1. The second-order valence-electron chi connectivity index (χ2n) is 5.67. The Balaban J connectivity index is 1.76. The van der Waals surface area contributed by atoms with Crippen molar-refractivity contribution in [2.75, 3.05) is 6.54 Å². The van der Waals surface area contributed by atoms with Crippen molar-refractivity contribution in [3.63, 3.8) is 0 Å². The van der Waals surface area contributed by atoms with Gasteiger partial charge in [-0.25, -0.2) is 4.68 Å². The van der Waals surface area contributed by atoms with E-state index in [0.29, 0.717) is 22.7 Å². The van der Waals surface area contributed by atoms with E-state index in [2.05, 4.69) is 15.5 Å². The molecule has 1 amide bonds. The fourth-order valence-electron chi connectivity index (χ4n) is 2.54. The quantitative estimate of drug-likeness (QED) is 0.647. The number of hydrogen-bond acceptors (Lipinski definition) is 3. The molecule has 3 aromatic rings. The number of benzene rings is 1. The molecule has 0 fully saturated rings. The van der Waals surface area contributed by atoms with Gasteiger partial charge in [-0.05, 0) is 36.8 Å². The molecule has 10 heteroatoms. The zero-order chi connectivity index (χ0) is 19.4. The Bertz CT molecular complexity index is 904. The Kier molecular flexibility index (Phi) is 5.50. The molecular weight excluding hydrogens is 383 g/mol. The van der Waals surface area contributed by atoms with Crippen LogP contribution < -0.4 is 5.32 Å². The van der Waals surface area contributed by atoms with Gasteiger partial charge in [0.2, 0.25) is 0 Å². The van der Waals surface area contributed by atoms with Gasteiger partial charge in [-0.2, -0.15) is 23.4 Å². The Hall–Kier alpha value is -2.81. The van der Waals surface area contributed by atoms with Gasteiger partial charge in [-0.15, -0.1) is 0 Å². The van der Waals surface area contributed by atoms with Gasteiger partial charge in [-0.3, -0.25) is 9.48 Å². The van der Waals surface area contributed by atoms with Crippen molar-refractivity contribution in [1.82, 2.24) is 24.9 Å². The molecule has 0 saturated carbocycles. The van der Waals surface area contributed by atoms with Crippen LogP contribution in [0.3, 0.4) is 0 Å². The van der Waals surface area contributed by atoms with E-state index in [-0.39, 0.29) is 12.2 Å². The number of alkyl halides is 3. The second kappa shape index (κ2) is 7.83. The average Bonchev–Trinajstić information content (AvgIpc) is 3.28. The summed E-state index contributed by atoms with van der Waals surface area (Å²) in [4.78, 5) is 12.3. The van der Waals surface area contributed by atoms with Crippen molar-refractivity contribution in [2.45, 2.75) is 19.1 Å². The van der Waals surface area contributed by atoms with Crippen molar-refractivity contribution >= 4 is 17.5 Å². The molecule has 1 aromatic carbocycles. The van der Waals surface area contributed by atoms with Gasteiger partial charge in [0.15, 0.2) is 5.69 Å². The zero-order valence-electron chi connectivity index (χ0n) is 13.9. The van der Waals surface area contributed by atoms with Crippen molar-refractivity contribution in [3.8, 4) is 5.69 Å². The fraction of sp³-hybridized carbons (Fsp3) is 0.235. The molecule has 0 aliphatic carbocycles. The first-order valence-corrected chi connectivity index (χ1v) is 8.41. The Morgan fingerprint density at radius 2 is 1.93 bits per heavy atom. The first kappa shape index (κ1) is 19.0. The molecular formula is C17H15ClF3N5O. The summed E-state index contributed by atoms with van der Waals surface area (Å²) in [7, 11) is 0. The third-order valence-electron chi connectivity index (χ3n) is 3.76. The van der Waals surface area contributed by atoms with Gasteiger partial charge in [-0.1, -0.05) is 11.6 Å². The Morgan fingerprint density at radius 1 is 1.19 bits per heavy atom. The molecule has 1 N–H and O–H groups in total. The summed E-state index contributed by atoms with van der Waals surface area (Å²) in [5.74, 6) is -0.831. The lowest BCUT2D eigenvalue weighted by molar-refractivity contribution is -0.143. The highest BCUT2D eigenvalue weighted by Crippen LogP contribution is 2.33. The van der Waals surface area contributed by atoms with E-state index in [1.165, 1.54) is 24.3 Å². The highest BCUT2D eigenvalue weighted by atomic mass is 35.5. The van der Waals surface area contributed by atoms with E-state index in [9.17, 15) is 18.0 Å². The van der Waals surface area contributed by atoms with Crippen LogP contribution >= 0.6 is 11.6 Å². The van der Waals surface area contributed by atoms with Crippen LogP contribution in [-0.4, -0.2) is 32.0 Å². The molecule has 2 aromatic heterocycles. The average molecular weight is 398 g/mol. The van der Waals surface area contributed by atoms with Crippen molar-refractivity contribution < 1.29 is 18.0 Å². The highest BCUT2D eigenvalue weighted by Gasteiger charge is 2.40. The number of carbonyl (C=O) groups excluding carboxylic acids is 1. The van der Waals surface area contributed by atoms with Gasteiger partial charge >= 0.3 is 6.18 Å². The van der Waals surface area contributed by atoms with E-state index < -0.39 is 23.3 Å². The van der Waals surface area contributed by atoms with E-state index in [4.69, 9.17) is 11.6 Å². The second-order valence-corrected chi connectivity index (χ2v) is 6.11. The Morgan fingerprint density at radius 3 is 2.56 bits per heavy atom. The molecule has 2 heterocycles. The molecule has 0 saturated heterocycles. The summed E-state index contributed by atoms with van der Waals surface area (Å²) in [5, 5.41) is 10.6. The first-order chi connectivity index (χ1) is 12.9. The summed E-state index contributed by atoms with van der Waals surface area (Å²) in [6, 6.07) is 7.47. The molecule has 3 rings (SSSR count). The molecule has 0 radical (unpaired) electrons. The molecule has 6 nitrogen and oxygen atoms in total. The summed E-state index contributed by atoms with van der Waals surface area (Å²) < 4.78 is 43.1. The largest absolute Gasteiger partial charge is 0.434 e. The number of carbonyl (C=O) groups is 1. The van der Waals surface area contributed by atoms with Crippen LogP contribution in [-0.2, 0) is 12.7 Å². The summed E-state index contributed by atoms with van der Waals surface area (Å²) in [5.41, 5.74) is -1.50. The number of aryl methyl sites for hydroxylation is 1. The van der Waals surface area contributed by atoms with Gasteiger partial charge < -0.3 is 5.32 Å². The van der Waals surface area contributed by atoms with E-state index in [1.54, 1.807) is 23.1 Å². The fourth-order valence-corrected chi connectivity index (χ4v) is 2.66. The summed E-state index contributed by atoms with van der Waals surface area (Å²) >= 11 is 5.77. The van der Waals surface area contributed by atoms with Gasteiger partial charge in [0.1, 0.15) is 0 Å². The number of halogens is 4. The van der Waals surface area contributed by atoms with E-state index in [0.717, 1.165) is 6.20 Å². The van der Waals surface area contributed by atoms with Gasteiger partial charge in [0.05, 0.1) is 17.4 Å². The topological polar surface area (TPSA) is 64.7 Å². The molecule has 142 valence electrons. The van der Waals surface area contributed by atoms with Crippen LogP contribution in [0.15, 0.2) is 48.9 Å². The number of rotatable bonds is 6. The number of amides is 1. The normalized spacial score (nSPS) is 11.6. The van der Waals surface area contributed by atoms with Crippen molar-refractivity contribution in [3.05, 3.63) is 65.2 Å². The third kappa shape index (κ3) is 4.48. The first-order valence-electron chi connectivity index (χ1n) is 8.03. The standard InChI is InChI=1S/C17H15ClF3N5O/c18-12-3-5-13(6-4-12)26-15(17(19,20)21)14(11-24-26)16(27)22-7-1-9-25-10-2-8-23-25/h2-6,8,10-11H,1,7,9H2,(H,22,27). The molecule has 0 aliphatic heterocycles. The molecule has 0 aliphatic rings.